The topological polar surface area (TPSA) is 37.7 Å². The van der Waals surface area contributed by atoms with Gasteiger partial charge in [0.25, 0.3) is 5.91 Å². The van der Waals surface area contributed by atoms with E-state index in [-0.39, 0.29) is 24.2 Å². The fraction of sp³-hybridized carbons (Fsp3) is 0.542. The van der Waals surface area contributed by atoms with Crippen molar-refractivity contribution in [3.8, 4) is 5.75 Å². The van der Waals surface area contributed by atoms with Gasteiger partial charge in [0, 0.05) is 37.8 Å². The number of hydrogen-bond acceptors (Lipinski definition) is 3. The highest BCUT2D eigenvalue weighted by molar-refractivity contribution is 5.94. The first-order valence-corrected chi connectivity index (χ1v) is 11.2. The maximum absolute atomic E-state index is 14.9. The number of ether oxygens (including phenoxy) is 1. The number of alkyl halides is 3. The van der Waals surface area contributed by atoms with Crippen molar-refractivity contribution in [3.05, 3.63) is 52.6 Å². The maximum Gasteiger partial charge on any atom is 0.431 e. The summed E-state index contributed by atoms with van der Waals surface area (Å²) in [4.78, 5) is 16.8. The number of nitrogens with zero attached hydrogens (tertiary/aromatic N) is 3. The van der Waals surface area contributed by atoms with E-state index in [0.717, 1.165) is 15.9 Å². The van der Waals surface area contributed by atoms with Gasteiger partial charge in [-0.1, -0.05) is 0 Å². The van der Waals surface area contributed by atoms with Crippen LogP contribution >= 0.6 is 0 Å². The van der Waals surface area contributed by atoms with Gasteiger partial charge in [0.2, 0.25) is 0 Å². The molecule has 1 spiro atoms. The summed E-state index contributed by atoms with van der Waals surface area (Å²) in [5.74, 6) is -0.251. The Balaban J connectivity index is 1.56. The summed E-state index contributed by atoms with van der Waals surface area (Å²) in [6.07, 6.45) is -3.87. The van der Waals surface area contributed by atoms with Crippen LogP contribution < -0.4 is 4.74 Å². The van der Waals surface area contributed by atoms with Crippen LogP contribution in [0.15, 0.2) is 24.3 Å². The zero-order valence-corrected chi connectivity index (χ0v) is 19.3. The van der Waals surface area contributed by atoms with Gasteiger partial charge in [-0.05, 0) is 64.4 Å². The third kappa shape index (κ3) is 4.11. The summed E-state index contributed by atoms with van der Waals surface area (Å²) >= 11 is 0. The first kappa shape index (κ1) is 23.6. The van der Waals surface area contributed by atoms with Crippen LogP contribution in [0, 0.1) is 12.7 Å². The summed E-state index contributed by atoms with van der Waals surface area (Å²) in [7, 11) is 1.82. The number of aryl methyl sites for hydroxylation is 1. The zero-order chi connectivity index (χ0) is 24.1. The minimum Gasteiger partial charge on any atom is -0.491 e. The third-order valence-electron chi connectivity index (χ3n) is 6.83. The van der Waals surface area contributed by atoms with Crippen molar-refractivity contribution in [3.63, 3.8) is 0 Å². The van der Waals surface area contributed by atoms with Gasteiger partial charge in [-0.15, -0.1) is 0 Å². The molecular formula is C24H29F4N3O2. The van der Waals surface area contributed by atoms with Crippen molar-refractivity contribution in [2.45, 2.75) is 58.0 Å². The molecule has 9 heteroatoms. The predicted octanol–water partition coefficient (Wildman–Crippen LogP) is 4.82. The Morgan fingerprint density at radius 2 is 1.76 bits per heavy atom. The Hall–Kier alpha value is -2.55. The predicted molar refractivity (Wildman–Crippen MR) is 116 cm³/mol. The largest absolute Gasteiger partial charge is 0.491 e. The minimum atomic E-state index is -4.61. The molecule has 2 aliphatic heterocycles. The van der Waals surface area contributed by atoms with E-state index in [1.54, 1.807) is 23.1 Å². The van der Waals surface area contributed by atoms with E-state index < -0.39 is 23.2 Å². The van der Waals surface area contributed by atoms with E-state index in [0.29, 0.717) is 44.1 Å². The Labute approximate surface area is 190 Å². The van der Waals surface area contributed by atoms with Gasteiger partial charge in [0.15, 0.2) is 0 Å². The van der Waals surface area contributed by atoms with Crippen LogP contribution in [0.5, 0.6) is 5.75 Å². The number of piperidine rings is 1. The summed E-state index contributed by atoms with van der Waals surface area (Å²) in [6.45, 7) is 6.87. The van der Waals surface area contributed by atoms with Gasteiger partial charge in [0.05, 0.1) is 17.3 Å². The van der Waals surface area contributed by atoms with Crippen molar-refractivity contribution in [2.75, 3.05) is 26.7 Å². The molecule has 0 N–H and O–H groups in total. The second-order valence-electron chi connectivity index (χ2n) is 9.27. The van der Waals surface area contributed by atoms with Crippen LogP contribution in [0.25, 0.3) is 0 Å². The van der Waals surface area contributed by atoms with E-state index in [1.165, 1.54) is 0 Å². The second kappa shape index (κ2) is 8.34. The standard InChI is InChI=1S/C24H29F4N3O2/c1-15(2)33-19-6-5-17(13-16(19)3)22(32)30-9-7-23(8-10-30)21-18(25)14-20(24(26,27)28)31(21)12-11-29(23)4/h5-6,13-15H,7-12H2,1-4H3. The maximum atomic E-state index is 14.9. The minimum absolute atomic E-state index is 0.0215. The van der Waals surface area contributed by atoms with Gasteiger partial charge in [-0.2, -0.15) is 13.2 Å². The molecular weight excluding hydrogens is 438 g/mol. The van der Waals surface area contributed by atoms with Gasteiger partial charge in [-0.25, -0.2) is 4.39 Å². The highest BCUT2D eigenvalue weighted by atomic mass is 19.4. The van der Waals surface area contributed by atoms with Gasteiger partial charge in [-0.3, -0.25) is 9.69 Å². The smallest absolute Gasteiger partial charge is 0.431 e. The molecule has 1 aromatic heterocycles. The van der Waals surface area contributed by atoms with Crippen LogP contribution in [0.3, 0.4) is 0 Å². The number of hydrogen-bond donors (Lipinski definition) is 0. The molecule has 0 atom stereocenters. The van der Waals surface area contributed by atoms with Crippen LogP contribution in [-0.4, -0.2) is 53.1 Å². The molecule has 2 aliphatic rings. The summed E-state index contributed by atoms with van der Waals surface area (Å²) in [6, 6.07) is 5.91. The molecule has 1 fully saturated rings. The number of benzene rings is 1. The monoisotopic (exact) mass is 467 g/mol. The molecule has 0 aliphatic carbocycles. The van der Waals surface area contributed by atoms with Crippen molar-refractivity contribution in [2.24, 2.45) is 0 Å². The summed E-state index contributed by atoms with van der Waals surface area (Å²) < 4.78 is 62.1. The molecule has 0 radical (unpaired) electrons. The van der Waals surface area contributed by atoms with E-state index in [2.05, 4.69) is 0 Å². The van der Waals surface area contributed by atoms with Gasteiger partial charge < -0.3 is 14.2 Å². The molecule has 4 rings (SSSR count). The lowest BCUT2D eigenvalue weighted by Crippen LogP contribution is -2.57. The summed E-state index contributed by atoms with van der Waals surface area (Å²) in [5.41, 5.74) is -0.338. The van der Waals surface area contributed by atoms with E-state index in [4.69, 9.17) is 4.74 Å². The number of carbonyl (C=O) groups excluding carboxylic acids is 1. The molecule has 0 bridgehead atoms. The van der Waals surface area contributed by atoms with Crippen molar-refractivity contribution in [1.82, 2.24) is 14.4 Å². The molecule has 3 heterocycles. The quantitative estimate of drug-likeness (QED) is 0.608. The third-order valence-corrected chi connectivity index (χ3v) is 6.83. The Bertz CT molecular complexity index is 1050. The number of halogens is 4. The van der Waals surface area contributed by atoms with E-state index in [1.807, 2.05) is 32.7 Å². The SMILES string of the molecule is Cc1cc(C(=O)N2CCC3(CC2)c2c(F)cc(C(F)(F)F)n2CCN3C)ccc1OC(C)C. The number of likely N-dealkylation sites (N-methyl/N-ethyl adjacent to an activating group) is 1. The van der Waals surface area contributed by atoms with Crippen molar-refractivity contribution >= 4 is 5.91 Å². The Morgan fingerprint density at radius 3 is 2.33 bits per heavy atom. The average Bonchev–Trinajstić information content (AvgIpc) is 3.10. The van der Waals surface area contributed by atoms with Crippen LogP contribution in [0.1, 0.15) is 54.0 Å². The fourth-order valence-corrected chi connectivity index (χ4v) is 5.15. The first-order valence-electron chi connectivity index (χ1n) is 11.2. The van der Waals surface area contributed by atoms with Crippen LogP contribution in [0.2, 0.25) is 0 Å². The number of carbonyl (C=O) groups is 1. The number of amides is 1. The number of rotatable bonds is 3. The number of fused-ring (bicyclic) bond motifs is 2. The van der Waals surface area contributed by atoms with Crippen LogP contribution in [0.4, 0.5) is 17.6 Å². The lowest BCUT2D eigenvalue weighted by Gasteiger charge is -2.50. The molecule has 33 heavy (non-hydrogen) atoms. The van der Waals surface area contributed by atoms with Gasteiger partial charge in [0.1, 0.15) is 17.3 Å². The van der Waals surface area contributed by atoms with Gasteiger partial charge >= 0.3 is 6.18 Å². The first-order chi connectivity index (χ1) is 15.4. The molecule has 0 unspecified atom stereocenters. The number of aromatic nitrogens is 1. The molecule has 1 aromatic carbocycles. The number of likely N-dealkylation sites (tertiary alicyclic amines) is 1. The lowest BCUT2D eigenvalue weighted by molar-refractivity contribution is -0.144. The van der Waals surface area contributed by atoms with Crippen molar-refractivity contribution in [1.29, 1.82) is 0 Å². The average molecular weight is 468 g/mol. The van der Waals surface area contributed by atoms with E-state index >= 15 is 0 Å². The van der Waals surface area contributed by atoms with E-state index in [9.17, 15) is 22.4 Å². The Morgan fingerprint density at radius 1 is 1.09 bits per heavy atom. The molecule has 1 saturated heterocycles. The van der Waals surface area contributed by atoms with Crippen molar-refractivity contribution < 1.29 is 27.1 Å². The fourth-order valence-electron chi connectivity index (χ4n) is 5.15. The molecule has 1 amide bonds. The Kier molecular flexibility index (Phi) is 5.97. The van der Waals surface area contributed by atoms with Crippen LogP contribution in [-0.2, 0) is 18.3 Å². The second-order valence-corrected chi connectivity index (χ2v) is 9.27. The lowest BCUT2D eigenvalue weighted by atomic mass is 9.81. The molecule has 2 aromatic rings. The molecule has 180 valence electrons. The summed E-state index contributed by atoms with van der Waals surface area (Å²) in [5, 5.41) is 0. The highest BCUT2D eigenvalue weighted by Crippen LogP contribution is 2.45. The zero-order valence-electron chi connectivity index (χ0n) is 19.3. The molecule has 5 nitrogen and oxygen atoms in total. The highest BCUT2D eigenvalue weighted by Gasteiger charge is 2.49. The molecule has 0 saturated carbocycles. The normalized spacial score (nSPS) is 18.6.